The SMILES string of the molecule is S=C(NCCN1CCCCC1)NCC1CCCO1. The standard InChI is InChI=1S/C13H25N3OS/c18-13(15-11-12-5-4-10-17-12)14-6-9-16-7-2-1-3-8-16/h12H,1-11H2,(H2,14,15,18). The summed E-state index contributed by atoms with van der Waals surface area (Å²) in [5, 5.41) is 7.28. The van der Waals surface area contributed by atoms with Crippen molar-refractivity contribution in [2.75, 3.05) is 39.3 Å². The van der Waals surface area contributed by atoms with Gasteiger partial charge in [0.25, 0.3) is 0 Å². The number of nitrogens with one attached hydrogen (secondary N) is 2. The van der Waals surface area contributed by atoms with Crippen LogP contribution in [0, 0.1) is 0 Å². The molecule has 1 atom stereocenters. The number of thiocarbonyl (C=S) groups is 1. The average molecular weight is 271 g/mol. The van der Waals surface area contributed by atoms with Crippen LogP contribution in [-0.2, 0) is 4.74 Å². The minimum Gasteiger partial charge on any atom is -0.376 e. The summed E-state index contributed by atoms with van der Waals surface area (Å²) in [6.07, 6.45) is 6.78. The summed E-state index contributed by atoms with van der Waals surface area (Å²) < 4.78 is 5.54. The van der Waals surface area contributed by atoms with E-state index in [-0.39, 0.29) is 0 Å². The van der Waals surface area contributed by atoms with Gasteiger partial charge in [-0.15, -0.1) is 0 Å². The highest BCUT2D eigenvalue weighted by Crippen LogP contribution is 2.10. The molecule has 0 aromatic carbocycles. The van der Waals surface area contributed by atoms with Gasteiger partial charge in [0, 0.05) is 26.2 Å². The Bertz CT molecular complexity index is 251. The molecule has 2 heterocycles. The van der Waals surface area contributed by atoms with Gasteiger partial charge in [-0.1, -0.05) is 6.42 Å². The molecule has 2 fully saturated rings. The maximum Gasteiger partial charge on any atom is 0.166 e. The maximum absolute atomic E-state index is 5.54. The molecule has 0 aromatic heterocycles. The van der Waals surface area contributed by atoms with Gasteiger partial charge in [0.2, 0.25) is 0 Å². The first-order chi connectivity index (χ1) is 8.84. The molecule has 4 nitrogen and oxygen atoms in total. The zero-order valence-corrected chi connectivity index (χ0v) is 11.9. The van der Waals surface area contributed by atoms with Crippen molar-refractivity contribution < 1.29 is 4.74 Å². The zero-order chi connectivity index (χ0) is 12.6. The smallest absolute Gasteiger partial charge is 0.166 e. The molecule has 2 aliphatic heterocycles. The summed E-state index contributed by atoms with van der Waals surface area (Å²) in [5.41, 5.74) is 0. The van der Waals surface area contributed by atoms with Gasteiger partial charge in [-0.25, -0.2) is 0 Å². The van der Waals surface area contributed by atoms with Gasteiger partial charge in [0.15, 0.2) is 5.11 Å². The van der Waals surface area contributed by atoms with Gasteiger partial charge in [0.1, 0.15) is 0 Å². The molecular formula is C13H25N3OS. The molecule has 0 bridgehead atoms. The Kier molecular flexibility index (Phi) is 6.17. The van der Waals surface area contributed by atoms with E-state index in [0.717, 1.165) is 37.8 Å². The van der Waals surface area contributed by atoms with E-state index in [1.54, 1.807) is 0 Å². The van der Waals surface area contributed by atoms with Crippen molar-refractivity contribution in [3.05, 3.63) is 0 Å². The van der Waals surface area contributed by atoms with Gasteiger partial charge in [-0.2, -0.15) is 0 Å². The van der Waals surface area contributed by atoms with Gasteiger partial charge in [0.05, 0.1) is 6.10 Å². The minimum atomic E-state index is 0.354. The van der Waals surface area contributed by atoms with Crippen LogP contribution in [0.4, 0.5) is 0 Å². The molecular weight excluding hydrogens is 246 g/mol. The second kappa shape index (κ2) is 7.92. The fourth-order valence-electron chi connectivity index (χ4n) is 2.58. The highest BCUT2D eigenvalue weighted by atomic mass is 32.1. The molecule has 0 spiro atoms. The van der Waals surface area contributed by atoms with Crippen LogP contribution in [0.1, 0.15) is 32.1 Å². The lowest BCUT2D eigenvalue weighted by Crippen LogP contribution is -2.43. The monoisotopic (exact) mass is 271 g/mol. The van der Waals surface area contributed by atoms with Gasteiger partial charge in [-0.05, 0) is 51.0 Å². The Morgan fingerprint density at radius 1 is 1.17 bits per heavy atom. The van der Waals surface area contributed by atoms with E-state index in [4.69, 9.17) is 17.0 Å². The van der Waals surface area contributed by atoms with Crippen molar-refractivity contribution in [2.24, 2.45) is 0 Å². The van der Waals surface area contributed by atoms with Crippen molar-refractivity contribution >= 4 is 17.3 Å². The highest BCUT2D eigenvalue weighted by Gasteiger charge is 2.15. The van der Waals surface area contributed by atoms with Gasteiger partial charge in [-0.3, -0.25) is 0 Å². The Morgan fingerprint density at radius 2 is 2.00 bits per heavy atom. The van der Waals surface area contributed by atoms with Crippen molar-refractivity contribution in [1.29, 1.82) is 0 Å². The van der Waals surface area contributed by atoms with Crippen LogP contribution in [0.5, 0.6) is 0 Å². The fourth-order valence-corrected chi connectivity index (χ4v) is 2.77. The van der Waals surface area contributed by atoms with Gasteiger partial charge >= 0.3 is 0 Å². The first-order valence-electron chi connectivity index (χ1n) is 7.20. The number of nitrogens with zero attached hydrogens (tertiary/aromatic N) is 1. The van der Waals surface area contributed by atoms with Crippen LogP contribution < -0.4 is 10.6 Å². The molecule has 18 heavy (non-hydrogen) atoms. The van der Waals surface area contributed by atoms with E-state index in [9.17, 15) is 0 Å². The third-order valence-electron chi connectivity index (χ3n) is 3.68. The Balaban J connectivity index is 1.48. The molecule has 0 radical (unpaired) electrons. The third-order valence-corrected chi connectivity index (χ3v) is 3.97. The average Bonchev–Trinajstić information content (AvgIpc) is 2.91. The number of ether oxygens (including phenoxy) is 1. The molecule has 0 saturated carbocycles. The second-order valence-corrected chi connectivity index (χ2v) is 5.58. The first-order valence-corrected chi connectivity index (χ1v) is 7.61. The summed E-state index contributed by atoms with van der Waals surface area (Å²) >= 11 is 5.26. The molecule has 5 heteroatoms. The minimum absolute atomic E-state index is 0.354. The molecule has 2 rings (SSSR count). The predicted molar refractivity (Wildman–Crippen MR) is 77.9 cm³/mol. The van der Waals surface area contributed by atoms with Crippen molar-refractivity contribution in [3.63, 3.8) is 0 Å². The lowest BCUT2D eigenvalue weighted by Gasteiger charge is -2.26. The highest BCUT2D eigenvalue weighted by molar-refractivity contribution is 7.80. The summed E-state index contributed by atoms with van der Waals surface area (Å²) in [5.74, 6) is 0. The zero-order valence-electron chi connectivity index (χ0n) is 11.1. The number of rotatable bonds is 5. The van der Waals surface area contributed by atoms with Crippen LogP contribution in [-0.4, -0.2) is 55.4 Å². The van der Waals surface area contributed by atoms with Crippen LogP contribution in [0.15, 0.2) is 0 Å². The molecule has 2 aliphatic rings. The van der Waals surface area contributed by atoms with E-state index in [0.29, 0.717) is 6.10 Å². The molecule has 0 aliphatic carbocycles. The summed E-state index contributed by atoms with van der Waals surface area (Å²) in [4.78, 5) is 2.51. The molecule has 0 amide bonds. The number of hydrogen-bond acceptors (Lipinski definition) is 3. The van der Waals surface area contributed by atoms with E-state index < -0.39 is 0 Å². The number of likely N-dealkylation sites (tertiary alicyclic amines) is 1. The normalized spacial score (nSPS) is 25.0. The van der Waals surface area contributed by atoms with Crippen LogP contribution in [0.3, 0.4) is 0 Å². The Morgan fingerprint density at radius 3 is 2.72 bits per heavy atom. The molecule has 2 N–H and O–H groups in total. The largest absolute Gasteiger partial charge is 0.376 e. The molecule has 1 unspecified atom stereocenters. The van der Waals surface area contributed by atoms with Crippen molar-refractivity contribution in [1.82, 2.24) is 15.5 Å². The maximum atomic E-state index is 5.54. The molecule has 104 valence electrons. The topological polar surface area (TPSA) is 36.5 Å². The third kappa shape index (κ3) is 5.08. The summed E-state index contributed by atoms with van der Waals surface area (Å²) in [6, 6.07) is 0. The Hall–Kier alpha value is -0.390. The van der Waals surface area contributed by atoms with Gasteiger partial charge < -0.3 is 20.3 Å². The number of piperidine rings is 1. The Labute approximate surface area is 115 Å². The van der Waals surface area contributed by atoms with E-state index >= 15 is 0 Å². The van der Waals surface area contributed by atoms with Crippen molar-refractivity contribution in [2.45, 2.75) is 38.2 Å². The quantitative estimate of drug-likeness (QED) is 0.733. The molecule has 2 saturated heterocycles. The first kappa shape index (κ1) is 14.0. The lowest BCUT2D eigenvalue weighted by molar-refractivity contribution is 0.114. The van der Waals surface area contributed by atoms with E-state index in [1.165, 1.54) is 38.8 Å². The van der Waals surface area contributed by atoms with E-state index in [2.05, 4.69) is 15.5 Å². The molecule has 0 aromatic rings. The number of hydrogen-bond donors (Lipinski definition) is 2. The fraction of sp³-hybridized carbons (Fsp3) is 0.923. The predicted octanol–water partition coefficient (Wildman–Crippen LogP) is 1.12. The summed E-state index contributed by atoms with van der Waals surface area (Å²) in [7, 11) is 0. The van der Waals surface area contributed by atoms with Crippen LogP contribution in [0.25, 0.3) is 0 Å². The van der Waals surface area contributed by atoms with Crippen LogP contribution in [0.2, 0.25) is 0 Å². The lowest BCUT2D eigenvalue weighted by atomic mass is 10.1. The van der Waals surface area contributed by atoms with E-state index in [1.807, 2.05) is 0 Å². The summed E-state index contributed by atoms with van der Waals surface area (Å²) in [6.45, 7) is 6.28. The second-order valence-electron chi connectivity index (χ2n) is 5.17. The van der Waals surface area contributed by atoms with Crippen LogP contribution >= 0.6 is 12.2 Å². The van der Waals surface area contributed by atoms with Crippen molar-refractivity contribution in [3.8, 4) is 0 Å².